The van der Waals surface area contributed by atoms with Gasteiger partial charge < -0.3 is 25.2 Å². The van der Waals surface area contributed by atoms with Gasteiger partial charge in [0.2, 0.25) is 0 Å². The van der Waals surface area contributed by atoms with E-state index in [0.29, 0.717) is 32.1 Å². The minimum absolute atomic E-state index is 0. The second-order valence-electron chi connectivity index (χ2n) is 7.95. The molecular weight excluding hydrogens is 445 g/mol. The number of ether oxygens (including phenoxy) is 1. The third kappa shape index (κ3) is 8.28. The van der Waals surface area contributed by atoms with Crippen LogP contribution in [0.15, 0.2) is 4.99 Å². The van der Waals surface area contributed by atoms with E-state index < -0.39 is 5.60 Å². The molecule has 2 heterocycles. The molecule has 2 N–H and O–H groups in total. The number of amides is 1. The summed E-state index contributed by atoms with van der Waals surface area (Å²) in [7, 11) is 0. The molecule has 26 heavy (non-hydrogen) atoms. The first-order chi connectivity index (χ1) is 11.8. The van der Waals surface area contributed by atoms with E-state index in [0.717, 1.165) is 13.0 Å². The summed E-state index contributed by atoms with van der Waals surface area (Å²) in [4.78, 5) is 22.9. The molecule has 7 nitrogen and oxygen atoms in total. The van der Waals surface area contributed by atoms with Crippen LogP contribution in [0.5, 0.6) is 0 Å². The molecule has 0 atom stereocenters. The van der Waals surface area contributed by atoms with Crippen LogP contribution in [0.2, 0.25) is 0 Å². The van der Waals surface area contributed by atoms with Crippen molar-refractivity contribution in [3.8, 4) is 0 Å². The summed E-state index contributed by atoms with van der Waals surface area (Å²) in [6, 6.07) is 0. The lowest BCUT2D eigenvalue weighted by atomic mass is 10.2. The fourth-order valence-electron chi connectivity index (χ4n) is 3.19. The van der Waals surface area contributed by atoms with Crippen molar-refractivity contribution in [2.45, 2.75) is 52.1 Å². The number of likely N-dealkylation sites (tertiary alicyclic amines) is 1. The first-order valence-electron chi connectivity index (χ1n) is 9.60. The van der Waals surface area contributed by atoms with E-state index in [1.807, 2.05) is 20.8 Å². The van der Waals surface area contributed by atoms with E-state index in [9.17, 15) is 4.79 Å². The van der Waals surface area contributed by atoms with Crippen LogP contribution in [0.1, 0.15) is 46.5 Å². The molecule has 1 amide bonds. The third-order valence-electron chi connectivity index (χ3n) is 4.61. The highest BCUT2D eigenvalue weighted by Crippen LogP contribution is 2.12. The van der Waals surface area contributed by atoms with Crippen LogP contribution < -0.4 is 5.73 Å². The predicted octanol–water partition coefficient (Wildman–Crippen LogP) is 2.35. The first-order valence-corrected chi connectivity index (χ1v) is 9.60. The summed E-state index contributed by atoms with van der Waals surface area (Å²) in [5, 5.41) is 0. The van der Waals surface area contributed by atoms with Gasteiger partial charge >= 0.3 is 6.09 Å². The highest BCUT2D eigenvalue weighted by atomic mass is 127. The van der Waals surface area contributed by atoms with Crippen molar-refractivity contribution in [3.05, 3.63) is 0 Å². The molecule has 0 radical (unpaired) electrons. The number of nitrogens with zero attached hydrogens (tertiary/aromatic N) is 4. The van der Waals surface area contributed by atoms with E-state index in [1.54, 1.807) is 4.90 Å². The molecule has 0 unspecified atom stereocenters. The van der Waals surface area contributed by atoms with Gasteiger partial charge in [-0.2, -0.15) is 0 Å². The maximum atomic E-state index is 12.1. The van der Waals surface area contributed by atoms with E-state index >= 15 is 0 Å². The molecule has 8 heteroatoms. The molecule has 0 spiro atoms. The van der Waals surface area contributed by atoms with E-state index in [2.05, 4.69) is 14.8 Å². The van der Waals surface area contributed by atoms with Crippen molar-refractivity contribution in [1.29, 1.82) is 0 Å². The summed E-state index contributed by atoms with van der Waals surface area (Å²) < 4.78 is 5.41. The molecule has 2 rings (SSSR count). The Balaban J connectivity index is 0.00000338. The molecule has 2 aliphatic rings. The zero-order valence-electron chi connectivity index (χ0n) is 16.6. The smallest absolute Gasteiger partial charge is 0.410 e. The zero-order chi connectivity index (χ0) is 18.3. The second kappa shape index (κ2) is 11.2. The van der Waals surface area contributed by atoms with Crippen molar-refractivity contribution in [1.82, 2.24) is 14.7 Å². The lowest BCUT2D eigenvalue weighted by Crippen LogP contribution is -2.53. The number of carbonyl (C=O) groups excluding carboxylic acids is 1. The number of guanidine groups is 1. The molecule has 0 aromatic carbocycles. The van der Waals surface area contributed by atoms with Gasteiger partial charge in [0.05, 0.1) is 0 Å². The van der Waals surface area contributed by atoms with Gasteiger partial charge in [-0.15, -0.1) is 24.0 Å². The van der Waals surface area contributed by atoms with Crippen LogP contribution in [-0.4, -0.2) is 84.7 Å². The summed E-state index contributed by atoms with van der Waals surface area (Å²) >= 11 is 0. The number of nitrogens with two attached hydrogens (primary N) is 1. The SMILES string of the molecule is CC(C)(C)OC(=O)N1CCN(C(N)=NCCCCN2CCCC2)CC1.I. The average molecular weight is 481 g/mol. The van der Waals surface area contributed by atoms with Gasteiger partial charge in [0.15, 0.2) is 5.96 Å². The van der Waals surface area contributed by atoms with E-state index in [-0.39, 0.29) is 30.1 Å². The van der Waals surface area contributed by atoms with Gasteiger partial charge in [0, 0.05) is 32.7 Å². The topological polar surface area (TPSA) is 74.4 Å². The number of carbonyl (C=O) groups is 1. The number of hydrogen-bond donors (Lipinski definition) is 1. The van der Waals surface area contributed by atoms with Crippen molar-refractivity contribution < 1.29 is 9.53 Å². The largest absolute Gasteiger partial charge is 0.444 e. The van der Waals surface area contributed by atoms with E-state index in [4.69, 9.17) is 10.5 Å². The lowest BCUT2D eigenvalue weighted by Gasteiger charge is -2.36. The number of unbranched alkanes of at least 4 members (excludes halogenated alkanes) is 1. The highest BCUT2D eigenvalue weighted by molar-refractivity contribution is 14.0. The Hall–Kier alpha value is -0.770. The van der Waals surface area contributed by atoms with Crippen LogP contribution in [0, 0.1) is 0 Å². The average Bonchev–Trinajstić information content (AvgIpc) is 3.06. The van der Waals surface area contributed by atoms with Gasteiger partial charge in [-0.3, -0.25) is 4.99 Å². The fraction of sp³-hybridized carbons (Fsp3) is 0.889. The molecule has 2 aliphatic heterocycles. The van der Waals surface area contributed by atoms with Gasteiger partial charge in [-0.05, 0) is 66.1 Å². The Morgan fingerprint density at radius 3 is 2.15 bits per heavy atom. The van der Waals surface area contributed by atoms with Crippen molar-refractivity contribution >= 4 is 36.0 Å². The van der Waals surface area contributed by atoms with Crippen LogP contribution >= 0.6 is 24.0 Å². The molecule has 2 fully saturated rings. The van der Waals surface area contributed by atoms with Crippen molar-refractivity contribution in [2.75, 3.05) is 52.4 Å². The van der Waals surface area contributed by atoms with Gasteiger partial charge in [-0.25, -0.2) is 4.79 Å². The number of aliphatic imine (C=N–C) groups is 1. The number of halogens is 1. The minimum atomic E-state index is -0.455. The summed E-state index contributed by atoms with van der Waals surface area (Å²) in [5.74, 6) is 0.602. The Morgan fingerprint density at radius 2 is 1.58 bits per heavy atom. The fourth-order valence-corrected chi connectivity index (χ4v) is 3.19. The maximum absolute atomic E-state index is 12.1. The second-order valence-corrected chi connectivity index (χ2v) is 7.95. The third-order valence-corrected chi connectivity index (χ3v) is 4.61. The standard InChI is InChI=1S/C18H35N5O2.HI/c1-18(2,3)25-17(24)23-14-12-22(13-15-23)16(19)20-8-4-5-9-21-10-6-7-11-21;/h4-15H2,1-3H3,(H2,19,20);1H. The molecule has 0 aliphatic carbocycles. The van der Waals surface area contributed by atoms with Crippen molar-refractivity contribution in [3.63, 3.8) is 0 Å². The van der Waals surface area contributed by atoms with Gasteiger partial charge in [-0.1, -0.05) is 0 Å². The summed E-state index contributed by atoms with van der Waals surface area (Å²) in [6.45, 7) is 12.8. The van der Waals surface area contributed by atoms with Gasteiger partial charge in [0.25, 0.3) is 0 Å². The predicted molar refractivity (Wildman–Crippen MR) is 116 cm³/mol. The maximum Gasteiger partial charge on any atom is 0.410 e. The van der Waals surface area contributed by atoms with Crippen LogP contribution in [0.4, 0.5) is 4.79 Å². The Bertz CT molecular complexity index is 453. The normalized spacial score (nSPS) is 19.4. The first kappa shape index (κ1) is 23.3. The Labute approximate surface area is 175 Å². The van der Waals surface area contributed by atoms with Crippen molar-refractivity contribution in [2.24, 2.45) is 10.7 Å². The van der Waals surface area contributed by atoms with Crippen LogP contribution in [0.3, 0.4) is 0 Å². The quantitative estimate of drug-likeness (QED) is 0.283. The monoisotopic (exact) mass is 481 g/mol. The summed E-state index contributed by atoms with van der Waals surface area (Å²) in [6.07, 6.45) is 4.71. The van der Waals surface area contributed by atoms with Gasteiger partial charge in [0.1, 0.15) is 5.60 Å². The number of rotatable bonds is 5. The van der Waals surface area contributed by atoms with Crippen LogP contribution in [0.25, 0.3) is 0 Å². The molecule has 2 saturated heterocycles. The summed E-state index contributed by atoms with van der Waals surface area (Å²) in [5.41, 5.74) is 5.65. The molecule has 0 aromatic heterocycles. The number of hydrogen-bond acceptors (Lipinski definition) is 4. The molecule has 0 bridgehead atoms. The Kier molecular flexibility index (Phi) is 9.99. The minimum Gasteiger partial charge on any atom is -0.444 e. The molecular formula is C18H36IN5O2. The highest BCUT2D eigenvalue weighted by Gasteiger charge is 2.26. The molecule has 152 valence electrons. The molecule has 0 aromatic rings. The lowest BCUT2D eigenvalue weighted by molar-refractivity contribution is 0.0186. The van der Waals surface area contributed by atoms with Crippen LogP contribution in [-0.2, 0) is 4.74 Å². The van der Waals surface area contributed by atoms with E-state index in [1.165, 1.54) is 38.9 Å². The molecule has 0 saturated carbocycles. The Morgan fingerprint density at radius 1 is 1.00 bits per heavy atom. The zero-order valence-corrected chi connectivity index (χ0v) is 18.9. The number of piperazine rings is 1.